The van der Waals surface area contributed by atoms with Gasteiger partial charge in [-0.2, -0.15) is 12.6 Å². The monoisotopic (exact) mass is 161 g/mol. The second kappa shape index (κ2) is 5.03. The molecular weight excluding hydrogens is 142 g/mol. The molecule has 0 radical (unpaired) electrons. The maximum atomic E-state index is 4.37. The molecule has 0 aromatic rings. The highest BCUT2D eigenvalue weighted by Gasteiger charge is 2.22. The first-order valence-electron chi connectivity index (χ1n) is 4.08. The van der Waals surface area contributed by atoms with Crippen LogP contribution in [0.15, 0.2) is 0 Å². The normalized spacial score (nSPS) is 33.3. The lowest BCUT2D eigenvalue weighted by Gasteiger charge is -2.12. The van der Waals surface area contributed by atoms with E-state index in [1.807, 2.05) is 13.8 Å². The Morgan fingerprint density at radius 3 is 2.00 bits per heavy atom. The second-order valence-electron chi connectivity index (χ2n) is 2.68. The van der Waals surface area contributed by atoms with Gasteiger partial charge >= 0.3 is 0 Å². The fourth-order valence-electron chi connectivity index (χ4n) is 1.16. The van der Waals surface area contributed by atoms with E-state index in [1.165, 1.54) is 6.42 Å². The minimum absolute atomic E-state index is 0.620. The van der Waals surface area contributed by atoms with Crippen LogP contribution in [-0.4, -0.2) is 29.8 Å². The summed E-state index contributed by atoms with van der Waals surface area (Å²) in [6, 6.07) is 0.748. The van der Waals surface area contributed by atoms with E-state index in [9.17, 15) is 0 Å². The summed E-state index contributed by atoms with van der Waals surface area (Å²) < 4.78 is 0. The highest BCUT2D eigenvalue weighted by molar-refractivity contribution is 7.81. The lowest BCUT2D eigenvalue weighted by molar-refractivity contribution is 0.331. The van der Waals surface area contributed by atoms with Crippen LogP contribution in [0.1, 0.15) is 27.2 Å². The van der Waals surface area contributed by atoms with Crippen molar-refractivity contribution in [3.8, 4) is 0 Å². The SMILES string of the molecule is CC.CC1CC(S)CN1C. The van der Waals surface area contributed by atoms with Crippen LogP contribution in [0.2, 0.25) is 0 Å². The molecule has 1 aliphatic rings. The third-order valence-corrected chi connectivity index (χ3v) is 2.24. The molecule has 0 spiro atoms. The van der Waals surface area contributed by atoms with Gasteiger partial charge in [0, 0.05) is 17.8 Å². The standard InChI is InChI=1S/C6H13NS.C2H6/c1-5-3-6(8)4-7(5)2;1-2/h5-6,8H,3-4H2,1-2H3;1-2H3. The van der Waals surface area contributed by atoms with Crippen LogP contribution >= 0.6 is 12.6 Å². The molecule has 0 amide bonds. The van der Waals surface area contributed by atoms with Gasteiger partial charge in [0.1, 0.15) is 0 Å². The van der Waals surface area contributed by atoms with Gasteiger partial charge in [-0.1, -0.05) is 13.8 Å². The molecule has 0 aliphatic carbocycles. The van der Waals surface area contributed by atoms with E-state index in [0.717, 1.165) is 12.6 Å². The first kappa shape index (κ1) is 10.3. The zero-order chi connectivity index (χ0) is 8.15. The van der Waals surface area contributed by atoms with E-state index in [2.05, 4.69) is 31.5 Å². The number of likely N-dealkylation sites (tertiary alicyclic amines) is 1. The number of rotatable bonds is 0. The van der Waals surface area contributed by atoms with Crippen LogP contribution in [0.3, 0.4) is 0 Å². The van der Waals surface area contributed by atoms with Gasteiger partial charge in [-0.05, 0) is 20.4 Å². The van der Waals surface area contributed by atoms with Crippen molar-refractivity contribution in [2.24, 2.45) is 0 Å². The molecule has 0 aromatic heterocycles. The summed E-state index contributed by atoms with van der Waals surface area (Å²) in [7, 11) is 2.15. The van der Waals surface area contributed by atoms with Crippen LogP contribution in [0.4, 0.5) is 0 Å². The first-order valence-corrected chi connectivity index (χ1v) is 4.60. The van der Waals surface area contributed by atoms with Crippen LogP contribution in [-0.2, 0) is 0 Å². The summed E-state index contributed by atoms with van der Waals surface area (Å²) in [4.78, 5) is 2.34. The zero-order valence-corrected chi connectivity index (χ0v) is 8.36. The second-order valence-corrected chi connectivity index (χ2v) is 3.41. The summed E-state index contributed by atoms with van der Waals surface area (Å²) in [5, 5.41) is 0.620. The molecule has 10 heavy (non-hydrogen) atoms. The van der Waals surface area contributed by atoms with Crippen molar-refractivity contribution in [1.82, 2.24) is 4.90 Å². The first-order chi connectivity index (χ1) is 4.70. The molecule has 1 heterocycles. The highest BCUT2D eigenvalue weighted by atomic mass is 32.1. The van der Waals surface area contributed by atoms with Crippen molar-refractivity contribution in [1.29, 1.82) is 0 Å². The number of hydrogen-bond acceptors (Lipinski definition) is 2. The molecule has 0 N–H and O–H groups in total. The molecule has 0 bridgehead atoms. The van der Waals surface area contributed by atoms with Gasteiger partial charge in [-0.25, -0.2) is 0 Å². The van der Waals surface area contributed by atoms with Crippen LogP contribution in [0, 0.1) is 0 Å². The maximum Gasteiger partial charge on any atom is 0.0159 e. The van der Waals surface area contributed by atoms with Gasteiger partial charge in [0.05, 0.1) is 0 Å². The van der Waals surface area contributed by atoms with E-state index in [4.69, 9.17) is 0 Å². The average Bonchev–Trinajstić information content (AvgIpc) is 2.16. The van der Waals surface area contributed by atoms with E-state index in [-0.39, 0.29) is 0 Å². The average molecular weight is 161 g/mol. The quantitative estimate of drug-likeness (QED) is 0.532. The Kier molecular flexibility index (Phi) is 5.18. The maximum absolute atomic E-state index is 4.37. The molecule has 2 heteroatoms. The van der Waals surface area contributed by atoms with E-state index >= 15 is 0 Å². The summed E-state index contributed by atoms with van der Waals surface area (Å²) in [6.45, 7) is 7.40. The van der Waals surface area contributed by atoms with Crippen molar-refractivity contribution in [3.05, 3.63) is 0 Å². The van der Waals surface area contributed by atoms with Crippen molar-refractivity contribution < 1.29 is 0 Å². The van der Waals surface area contributed by atoms with Crippen LogP contribution in [0.5, 0.6) is 0 Å². The molecule has 1 rings (SSSR count). The lowest BCUT2D eigenvalue weighted by atomic mass is 10.2. The molecule has 1 nitrogen and oxygen atoms in total. The zero-order valence-electron chi connectivity index (χ0n) is 7.46. The Morgan fingerprint density at radius 1 is 1.40 bits per heavy atom. The van der Waals surface area contributed by atoms with Crippen molar-refractivity contribution in [2.75, 3.05) is 13.6 Å². The van der Waals surface area contributed by atoms with Crippen molar-refractivity contribution >= 4 is 12.6 Å². The number of thiol groups is 1. The number of hydrogen-bond donors (Lipinski definition) is 1. The fourth-order valence-corrected chi connectivity index (χ4v) is 1.72. The van der Waals surface area contributed by atoms with Gasteiger partial charge in [-0.15, -0.1) is 0 Å². The predicted octanol–water partition coefficient (Wildman–Crippen LogP) is 2.04. The molecule has 0 saturated carbocycles. The van der Waals surface area contributed by atoms with Gasteiger partial charge in [-0.3, -0.25) is 0 Å². The van der Waals surface area contributed by atoms with Crippen LogP contribution < -0.4 is 0 Å². The van der Waals surface area contributed by atoms with Gasteiger partial charge in [0.15, 0.2) is 0 Å². The Balaban J connectivity index is 0.000000371. The smallest absolute Gasteiger partial charge is 0.0159 e. The summed E-state index contributed by atoms with van der Waals surface area (Å²) >= 11 is 4.37. The molecule has 2 atom stereocenters. The Morgan fingerprint density at radius 2 is 1.90 bits per heavy atom. The van der Waals surface area contributed by atoms with E-state index in [1.54, 1.807) is 0 Å². The summed E-state index contributed by atoms with van der Waals surface area (Å²) in [5.74, 6) is 0. The Labute approximate surface area is 70.2 Å². The molecule has 1 saturated heterocycles. The summed E-state index contributed by atoms with van der Waals surface area (Å²) in [5.41, 5.74) is 0. The Hall–Kier alpha value is 0.310. The largest absolute Gasteiger partial charge is 0.303 e. The van der Waals surface area contributed by atoms with E-state index < -0.39 is 0 Å². The molecule has 62 valence electrons. The highest BCUT2D eigenvalue weighted by Crippen LogP contribution is 2.18. The minimum atomic E-state index is 0.620. The van der Waals surface area contributed by atoms with Crippen molar-refractivity contribution in [3.63, 3.8) is 0 Å². The number of nitrogens with zero attached hydrogens (tertiary/aromatic N) is 1. The van der Waals surface area contributed by atoms with Gasteiger partial charge < -0.3 is 4.90 Å². The minimum Gasteiger partial charge on any atom is -0.303 e. The Bertz CT molecular complexity index is 75.3. The van der Waals surface area contributed by atoms with Gasteiger partial charge in [0.25, 0.3) is 0 Å². The van der Waals surface area contributed by atoms with Crippen molar-refractivity contribution in [2.45, 2.75) is 38.5 Å². The van der Waals surface area contributed by atoms with Gasteiger partial charge in [0.2, 0.25) is 0 Å². The molecule has 1 fully saturated rings. The lowest BCUT2D eigenvalue weighted by Crippen LogP contribution is -2.21. The fraction of sp³-hybridized carbons (Fsp3) is 1.00. The van der Waals surface area contributed by atoms with Crippen LogP contribution in [0.25, 0.3) is 0 Å². The topological polar surface area (TPSA) is 3.24 Å². The summed E-state index contributed by atoms with van der Waals surface area (Å²) in [6.07, 6.45) is 1.25. The molecule has 0 aromatic carbocycles. The molecule has 2 unspecified atom stereocenters. The predicted molar refractivity (Wildman–Crippen MR) is 50.8 cm³/mol. The van der Waals surface area contributed by atoms with E-state index in [0.29, 0.717) is 5.25 Å². The molecule has 1 aliphatic heterocycles. The third-order valence-electron chi connectivity index (χ3n) is 1.86. The third kappa shape index (κ3) is 2.93. The molecular formula is C8H19NS.